The molecule has 1 unspecified atom stereocenters. The van der Waals surface area contributed by atoms with E-state index in [9.17, 15) is 14.0 Å². The Balaban J connectivity index is 1.85. The molecule has 0 aromatic heterocycles. The van der Waals surface area contributed by atoms with E-state index in [4.69, 9.17) is 11.6 Å². The van der Waals surface area contributed by atoms with E-state index in [1.807, 2.05) is 61.5 Å². The van der Waals surface area contributed by atoms with E-state index >= 15 is 0 Å². The highest BCUT2D eigenvalue weighted by molar-refractivity contribution is 7.99. The van der Waals surface area contributed by atoms with Crippen LogP contribution in [0.3, 0.4) is 0 Å². The molecule has 0 fully saturated rings. The molecular weight excluding hydrogens is 483 g/mol. The fraction of sp³-hybridized carbons (Fsp3) is 0.286. The van der Waals surface area contributed by atoms with Gasteiger partial charge < -0.3 is 10.2 Å². The summed E-state index contributed by atoms with van der Waals surface area (Å²) >= 11 is 7.68. The van der Waals surface area contributed by atoms with Crippen molar-refractivity contribution in [3.8, 4) is 0 Å². The Labute approximate surface area is 215 Å². The standard InChI is InChI=1S/C28H30ClFN2O2S/c1-2-16-31-28(34)26(17-21-10-4-3-5-11-21)32(18-22-12-7-9-15-25(22)30)27(33)20-35-19-23-13-6-8-14-24(23)29/h3-15,26H,2,16-20H2,1H3,(H,31,34). The highest BCUT2D eigenvalue weighted by atomic mass is 35.5. The Morgan fingerprint density at radius 2 is 1.63 bits per heavy atom. The molecule has 1 atom stereocenters. The fourth-order valence-corrected chi connectivity index (χ4v) is 4.87. The zero-order valence-electron chi connectivity index (χ0n) is 19.8. The quantitative estimate of drug-likeness (QED) is 0.330. The first-order valence-corrected chi connectivity index (χ1v) is 13.2. The Morgan fingerprint density at radius 1 is 0.971 bits per heavy atom. The van der Waals surface area contributed by atoms with Gasteiger partial charge in [0.1, 0.15) is 11.9 Å². The number of nitrogens with zero attached hydrogens (tertiary/aromatic N) is 1. The molecule has 0 spiro atoms. The number of rotatable bonds is 12. The van der Waals surface area contributed by atoms with Gasteiger partial charge in [-0.2, -0.15) is 0 Å². The predicted octanol–water partition coefficient (Wildman–Crippen LogP) is 5.88. The minimum Gasteiger partial charge on any atom is -0.354 e. The summed E-state index contributed by atoms with van der Waals surface area (Å²) < 4.78 is 14.6. The molecule has 3 aromatic rings. The Hall–Kier alpha value is -2.83. The number of carbonyl (C=O) groups is 2. The number of benzene rings is 3. The average molecular weight is 513 g/mol. The van der Waals surface area contributed by atoms with E-state index in [2.05, 4.69) is 5.32 Å². The van der Waals surface area contributed by atoms with Gasteiger partial charge in [-0.25, -0.2) is 4.39 Å². The summed E-state index contributed by atoms with van der Waals surface area (Å²) in [6.45, 7) is 2.49. The zero-order chi connectivity index (χ0) is 25.0. The van der Waals surface area contributed by atoms with Gasteiger partial charge in [0.05, 0.1) is 5.75 Å². The first-order chi connectivity index (χ1) is 17.0. The molecule has 184 valence electrons. The van der Waals surface area contributed by atoms with Crippen molar-refractivity contribution in [3.63, 3.8) is 0 Å². The lowest BCUT2D eigenvalue weighted by Gasteiger charge is -2.31. The van der Waals surface area contributed by atoms with Crippen LogP contribution in [-0.2, 0) is 28.3 Å². The van der Waals surface area contributed by atoms with Gasteiger partial charge in [0, 0.05) is 35.8 Å². The van der Waals surface area contributed by atoms with Gasteiger partial charge >= 0.3 is 0 Å². The summed E-state index contributed by atoms with van der Waals surface area (Å²) in [4.78, 5) is 28.3. The second-order valence-corrected chi connectivity index (χ2v) is 9.59. The van der Waals surface area contributed by atoms with Gasteiger partial charge in [-0.15, -0.1) is 11.8 Å². The van der Waals surface area contributed by atoms with Crippen molar-refractivity contribution in [1.82, 2.24) is 10.2 Å². The van der Waals surface area contributed by atoms with Crippen LogP contribution in [0.4, 0.5) is 4.39 Å². The maximum Gasteiger partial charge on any atom is 0.243 e. The summed E-state index contributed by atoms with van der Waals surface area (Å²) in [5, 5.41) is 3.58. The molecule has 4 nitrogen and oxygen atoms in total. The van der Waals surface area contributed by atoms with Gasteiger partial charge in [-0.05, 0) is 29.7 Å². The van der Waals surface area contributed by atoms with Crippen LogP contribution in [0.1, 0.15) is 30.0 Å². The summed E-state index contributed by atoms with van der Waals surface area (Å²) in [5.74, 6) is -0.160. The zero-order valence-corrected chi connectivity index (χ0v) is 21.3. The summed E-state index contributed by atoms with van der Waals surface area (Å²) in [5.41, 5.74) is 2.24. The SMILES string of the molecule is CCCNC(=O)C(Cc1ccccc1)N(Cc1ccccc1F)C(=O)CSCc1ccccc1Cl. The minimum absolute atomic E-state index is 0.00913. The Kier molecular flexibility index (Phi) is 10.6. The van der Waals surface area contributed by atoms with Crippen molar-refractivity contribution in [2.24, 2.45) is 0 Å². The molecule has 2 amide bonds. The number of hydrogen-bond donors (Lipinski definition) is 1. The maximum absolute atomic E-state index is 14.6. The molecular formula is C28H30ClFN2O2S. The summed E-state index contributed by atoms with van der Waals surface area (Å²) in [6, 6.07) is 22.7. The van der Waals surface area contributed by atoms with Crippen LogP contribution < -0.4 is 5.32 Å². The van der Waals surface area contributed by atoms with Crippen LogP contribution in [-0.4, -0.2) is 35.1 Å². The number of hydrogen-bond acceptors (Lipinski definition) is 3. The second-order valence-electron chi connectivity index (χ2n) is 8.19. The molecule has 0 aliphatic rings. The summed E-state index contributed by atoms with van der Waals surface area (Å²) in [7, 11) is 0. The van der Waals surface area contributed by atoms with E-state index in [-0.39, 0.29) is 24.1 Å². The lowest BCUT2D eigenvalue weighted by Crippen LogP contribution is -2.51. The van der Waals surface area contributed by atoms with Gasteiger partial charge in [0.15, 0.2) is 0 Å². The third-order valence-electron chi connectivity index (χ3n) is 5.56. The third kappa shape index (κ3) is 8.11. The van der Waals surface area contributed by atoms with Crippen LogP contribution in [0.5, 0.6) is 0 Å². The number of carbonyl (C=O) groups excluding carboxylic acids is 2. The molecule has 0 bridgehead atoms. The van der Waals surface area contributed by atoms with Crippen LogP contribution in [0.15, 0.2) is 78.9 Å². The van der Waals surface area contributed by atoms with Crippen molar-refractivity contribution < 1.29 is 14.0 Å². The lowest BCUT2D eigenvalue weighted by molar-refractivity contribution is -0.139. The normalized spacial score (nSPS) is 11.6. The van der Waals surface area contributed by atoms with E-state index in [1.54, 1.807) is 18.2 Å². The Bertz CT molecular complexity index is 1110. The van der Waals surface area contributed by atoms with Crippen molar-refractivity contribution in [3.05, 3.63) is 106 Å². The van der Waals surface area contributed by atoms with Gasteiger partial charge in [0.25, 0.3) is 0 Å². The van der Waals surface area contributed by atoms with Gasteiger partial charge in [-0.1, -0.05) is 85.3 Å². The van der Waals surface area contributed by atoms with Crippen molar-refractivity contribution in [2.45, 2.75) is 38.1 Å². The van der Waals surface area contributed by atoms with E-state index in [0.717, 1.165) is 17.5 Å². The van der Waals surface area contributed by atoms with Crippen molar-refractivity contribution in [1.29, 1.82) is 0 Å². The molecule has 1 N–H and O–H groups in total. The number of amides is 2. The predicted molar refractivity (Wildman–Crippen MR) is 142 cm³/mol. The highest BCUT2D eigenvalue weighted by Crippen LogP contribution is 2.23. The lowest BCUT2D eigenvalue weighted by atomic mass is 10.0. The molecule has 3 aromatic carbocycles. The molecule has 0 aliphatic heterocycles. The molecule has 0 aliphatic carbocycles. The molecule has 0 heterocycles. The van der Waals surface area contributed by atoms with Crippen LogP contribution in [0, 0.1) is 5.82 Å². The van der Waals surface area contributed by atoms with Crippen molar-refractivity contribution >= 4 is 35.2 Å². The largest absolute Gasteiger partial charge is 0.354 e. The summed E-state index contributed by atoms with van der Waals surface area (Å²) in [6.07, 6.45) is 1.12. The monoisotopic (exact) mass is 512 g/mol. The highest BCUT2D eigenvalue weighted by Gasteiger charge is 2.30. The maximum atomic E-state index is 14.6. The average Bonchev–Trinajstić information content (AvgIpc) is 2.87. The molecule has 0 saturated carbocycles. The number of thioether (sulfide) groups is 1. The number of halogens is 2. The second kappa shape index (κ2) is 13.9. The Morgan fingerprint density at radius 3 is 2.31 bits per heavy atom. The van der Waals surface area contributed by atoms with Gasteiger partial charge in [-0.3, -0.25) is 9.59 Å². The topological polar surface area (TPSA) is 49.4 Å². The first kappa shape index (κ1) is 26.8. The van der Waals surface area contributed by atoms with E-state index in [0.29, 0.717) is 29.3 Å². The van der Waals surface area contributed by atoms with Crippen LogP contribution >= 0.6 is 23.4 Å². The van der Waals surface area contributed by atoms with E-state index in [1.165, 1.54) is 22.7 Å². The van der Waals surface area contributed by atoms with Gasteiger partial charge in [0.2, 0.25) is 11.8 Å². The fourth-order valence-electron chi connectivity index (χ4n) is 3.68. The molecule has 35 heavy (non-hydrogen) atoms. The minimum atomic E-state index is -0.767. The number of nitrogens with one attached hydrogen (secondary N) is 1. The molecule has 7 heteroatoms. The molecule has 3 rings (SSSR count). The molecule has 0 radical (unpaired) electrons. The van der Waals surface area contributed by atoms with Crippen molar-refractivity contribution in [2.75, 3.05) is 12.3 Å². The molecule has 0 saturated heterocycles. The first-order valence-electron chi connectivity index (χ1n) is 11.6. The van der Waals surface area contributed by atoms with Crippen LogP contribution in [0.25, 0.3) is 0 Å². The van der Waals surface area contributed by atoms with Crippen LogP contribution in [0.2, 0.25) is 5.02 Å². The smallest absolute Gasteiger partial charge is 0.243 e. The van der Waals surface area contributed by atoms with E-state index < -0.39 is 11.9 Å². The third-order valence-corrected chi connectivity index (χ3v) is 6.89.